The van der Waals surface area contributed by atoms with Gasteiger partial charge in [-0.05, 0) is 24.3 Å². The Bertz CT molecular complexity index is 513. The van der Waals surface area contributed by atoms with Gasteiger partial charge in [-0.25, -0.2) is 0 Å². The van der Waals surface area contributed by atoms with Crippen LogP contribution in [0.3, 0.4) is 0 Å². The monoisotopic (exact) mass is 294 g/mol. The Hall–Kier alpha value is -1.29. The summed E-state index contributed by atoms with van der Waals surface area (Å²) in [6.45, 7) is 0. The number of hydrogen-bond acceptors (Lipinski definition) is 3. The van der Waals surface area contributed by atoms with Crippen molar-refractivity contribution in [3.63, 3.8) is 0 Å². The Morgan fingerprint density at radius 3 is 1.67 bits per heavy atom. The van der Waals surface area contributed by atoms with Crippen molar-refractivity contribution in [2.45, 2.75) is 17.4 Å². The Labute approximate surface area is 97.1 Å². The molecule has 0 spiro atoms. The van der Waals surface area contributed by atoms with Gasteiger partial charge in [-0.2, -0.15) is 25.8 Å². The summed E-state index contributed by atoms with van der Waals surface area (Å²) < 4.78 is 96.4. The minimum atomic E-state index is -5.44. The lowest BCUT2D eigenvalue weighted by Crippen LogP contribution is -2.20. The first-order valence-electron chi connectivity index (χ1n) is 4.11. The van der Waals surface area contributed by atoms with E-state index in [1.807, 2.05) is 0 Å². The highest BCUT2D eigenvalue weighted by Gasteiger charge is 2.38. The average molecular weight is 294 g/mol. The Kier molecular flexibility index (Phi) is 3.63. The molecule has 0 amide bonds. The first kappa shape index (κ1) is 14.8. The third-order valence-corrected chi connectivity index (χ3v) is 2.93. The molecule has 102 valence electrons. The molecule has 18 heavy (non-hydrogen) atoms. The Morgan fingerprint density at radius 1 is 0.889 bits per heavy atom. The third-order valence-electron chi connectivity index (χ3n) is 1.67. The first-order chi connectivity index (χ1) is 7.92. The number of hydrogen-bond donors (Lipinski definition) is 0. The van der Waals surface area contributed by atoms with Crippen LogP contribution in [0, 0.1) is 0 Å². The van der Waals surface area contributed by atoms with Crippen LogP contribution < -0.4 is 0 Å². The lowest BCUT2D eigenvalue weighted by atomic mass is 10.2. The van der Waals surface area contributed by atoms with Gasteiger partial charge in [-0.1, -0.05) is 0 Å². The summed E-state index contributed by atoms with van der Waals surface area (Å²) in [4.78, 5) is -1.02. The van der Waals surface area contributed by atoms with Crippen LogP contribution in [-0.2, 0) is 20.5 Å². The fourth-order valence-corrected chi connectivity index (χ4v) is 1.80. The number of alkyl halides is 6. The zero-order valence-electron chi connectivity index (χ0n) is 8.21. The lowest BCUT2D eigenvalue weighted by Gasteiger charge is -2.09. The first-order valence-corrected chi connectivity index (χ1v) is 5.52. The predicted molar refractivity (Wildman–Crippen MR) is 45.8 cm³/mol. The summed E-state index contributed by atoms with van der Waals surface area (Å²) in [7, 11) is -5.17. The minimum Gasteiger partial charge on any atom is -0.194 e. The molecule has 0 saturated heterocycles. The molecule has 10 heteroatoms. The van der Waals surface area contributed by atoms with Crippen LogP contribution in [0.25, 0.3) is 0 Å². The molecule has 0 N–H and O–H groups in total. The van der Waals surface area contributed by atoms with Gasteiger partial charge in [0.05, 0.1) is 10.5 Å². The second kappa shape index (κ2) is 4.43. The molecule has 1 aromatic rings. The van der Waals surface area contributed by atoms with Crippen LogP contribution in [0.5, 0.6) is 0 Å². The maximum atomic E-state index is 12.1. The van der Waals surface area contributed by atoms with E-state index in [2.05, 4.69) is 4.18 Å². The highest BCUT2D eigenvalue weighted by molar-refractivity contribution is 7.86. The second-order valence-electron chi connectivity index (χ2n) is 3.01. The summed E-state index contributed by atoms with van der Waals surface area (Å²) >= 11 is 0. The van der Waals surface area contributed by atoms with Gasteiger partial charge in [0.25, 0.3) is 0 Å². The van der Waals surface area contributed by atoms with Gasteiger partial charge in [0.2, 0.25) is 0 Å². The Balaban J connectivity index is 3.06. The molecule has 0 heterocycles. The highest BCUT2D eigenvalue weighted by Crippen LogP contribution is 2.31. The van der Waals surface area contributed by atoms with E-state index in [-0.39, 0.29) is 0 Å². The molecule has 0 saturated carbocycles. The van der Waals surface area contributed by atoms with Crippen LogP contribution in [0.2, 0.25) is 0 Å². The van der Waals surface area contributed by atoms with Crippen LogP contribution in [0.15, 0.2) is 29.2 Å². The van der Waals surface area contributed by atoms with E-state index in [0.29, 0.717) is 24.3 Å². The highest BCUT2D eigenvalue weighted by atomic mass is 32.2. The van der Waals surface area contributed by atoms with Gasteiger partial charge < -0.3 is 0 Å². The average Bonchev–Trinajstić information content (AvgIpc) is 2.13. The van der Waals surface area contributed by atoms with E-state index in [0.717, 1.165) is 0 Å². The molecule has 0 radical (unpaired) electrons. The molecular weight excluding hydrogens is 290 g/mol. The van der Waals surface area contributed by atoms with Crippen molar-refractivity contribution in [2.24, 2.45) is 0 Å². The van der Waals surface area contributed by atoms with Gasteiger partial charge in [0.1, 0.15) is 0 Å². The van der Waals surface area contributed by atoms with E-state index >= 15 is 0 Å². The lowest BCUT2D eigenvalue weighted by molar-refractivity contribution is -0.271. The molecule has 0 aliphatic carbocycles. The van der Waals surface area contributed by atoms with Gasteiger partial charge in [0.15, 0.2) is 0 Å². The van der Waals surface area contributed by atoms with Crippen molar-refractivity contribution in [1.29, 1.82) is 0 Å². The van der Waals surface area contributed by atoms with Crippen LogP contribution in [0.4, 0.5) is 26.3 Å². The quantitative estimate of drug-likeness (QED) is 0.622. The van der Waals surface area contributed by atoms with Crippen molar-refractivity contribution in [3.8, 4) is 0 Å². The summed E-state index contributed by atoms with van der Waals surface area (Å²) in [5.41, 5.74) is -1.19. The van der Waals surface area contributed by atoms with E-state index in [4.69, 9.17) is 0 Å². The van der Waals surface area contributed by atoms with Gasteiger partial charge in [-0.15, -0.1) is 13.2 Å². The molecule has 1 rings (SSSR count). The molecular formula is C8H4F6O3S. The van der Waals surface area contributed by atoms with Gasteiger partial charge in [0, 0.05) is 0 Å². The van der Waals surface area contributed by atoms with E-state index < -0.39 is 33.1 Å². The van der Waals surface area contributed by atoms with Gasteiger partial charge in [-0.3, -0.25) is 0 Å². The summed E-state index contributed by atoms with van der Waals surface area (Å²) in [5, 5.41) is 0. The number of benzene rings is 1. The maximum absolute atomic E-state index is 12.1. The molecule has 1 aromatic carbocycles. The largest absolute Gasteiger partial charge is 0.537 e. The molecule has 0 unspecified atom stereocenters. The van der Waals surface area contributed by atoms with Crippen LogP contribution in [-0.4, -0.2) is 14.8 Å². The normalized spacial score (nSPS) is 13.7. The number of halogens is 6. The van der Waals surface area contributed by atoms with Gasteiger partial charge >= 0.3 is 22.7 Å². The molecule has 0 aromatic heterocycles. The van der Waals surface area contributed by atoms with E-state index in [9.17, 15) is 34.8 Å². The molecule has 0 bridgehead atoms. The fraction of sp³-hybridized carbons (Fsp3) is 0.250. The van der Waals surface area contributed by atoms with Crippen molar-refractivity contribution in [2.75, 3.05) is 0 Å². The smallest absolute Gasteiger partial charge is 0.194 e. The second-order valence-corrected chi connectivity index (χ2v) is 4.55. The van der Waals surface area contributed by atoms with Crippen LogP contribution in [0.1, 0.15) is 5.56 Å². The topological polar surface area (TPSA) is 43.4 Å². The van der Waals surface area contributed by atoms with Crippen LogP contribution >= 0.6 is 0 Å². The zero-order chi connectivity index (χ0) is 14.2. The fourth-order valence-electron chi connectivity index (χ4n) is 0.983. The molecule has 3 nitrogen and oxygen atoms in total. The van der Waals surface area contributed by atoms with E-state index in [1.54, 1.807) is 0 Å². The third kappa shape index (κ3) is 3.88. The maximum Gasteiger partial charge on any atom is 0.537 e. The number of rotatable bonds is 2. The zero-order valence-corrected chi connectivity index (χ0v) is 9.03. The standard InChI is InChI=1S/C8H4F6O3S/c9-7(10,11)5-1-3-6(4-2-5)18(15,16)17-8(12,13)14/h1-4H. The molecule has 0 aliphatic rings. The van der Waals surface area contributed by atoms with Crippen molar-refractivity contribution in [1.82, 2.24) is 0 Å². The van der Waals surface area contributed by atoms with Crippen molar-refractivity contribution < 1.29 is 38.9 Å². The SMILES string of the molecule is O=S(=O)(OC(F)(F)F)c1ccc(C(F)(F)F)cc1. The Morgan fingerprint density at radius 2 is 1.33 bits per heavy atom. The summed E-state index contributed by atoms with van der Waals surface area (Å²) in [5.74, 6) is 0. The van der Waals surface area contributed by atoms with Crippen molar-refractivity contribution >= 4 is 10.1 Å². The predicted octanol–water partition coefficient (Wildman–Crippen LogP) is 2.93. The summed E-state index contributed by atoms with van der Waals surface area (Å²) in [6, 6.07) is 1.44. The van der Waals surface area contributed by atoms with Crippen molar-refractivity contribution in [3.05, 3.63) is 29.8 Å². The van der Waals surface area contributed by atoms with E-state index in [1.165, 1.54) is 0 Å². The minimum absolute atomic E-state index is 0.340. The molecule has 0 fully saturated rings. The molecule has 0 aliphatic heterocycles. The molecule has 0 atom stereocenters. The summed E-state index contributed by atoms with van der Waals surface area (Å²) in [6.07, 6.45) is -10.2.